The van der Waals surface area contributed by atoms with E-state index in [-0.39, 0.29) is 54.3 Å². The maximum Gasteiger partial charge on any atom is 0.412 e. The van der Waals surface area contributed by atoms with Crippen LogP contribution in [-0.4, -0.2) is 80.2 Å². The summed E-state index contributed by atoms with van der Waals surface area (Å²) >= 11 is 0. The Kier molecular flexibility index (Phi) is 16.8. The van der Waals surface area contributed by atoms with E-state index in [1.165, 1.54) is 69.3 Å². The van der Waals surface area contributed by atoms with Gasteiger partial charge in [-0.1, -0.05) is 52.3 Å². The summed E-state index contributed by atoms with van der Waals surface area (Å²) in [6.45, 7) is 1.21. The number of ether oxygens (including phenoxy) is 4. The van der Waals surface area contributed by atoms with Gasteiger partial charge in [-0.05, 0) is 66.8 Å². The molecule has 1 atom stereocenters. The van der Waals surface area contributed by atoms with E-state index in [0.717, 1.165) is 18.1 Å². The van der Waals surface area contributed by atoms with Crippen molar-refractivity contribution >= 4 is 57.3 Å². The molecule has 2 amide bonds. The number of phenolic OH excluding ortho intramolecular Hbond substituents is 1. The number of phenols is 1. The number of carbonyl (C=O) groups excluding carboxylic acids is 4. The Hall–Kier alpha value is -3.94. The van der Waals surface area contributed by atoms with Crippen LogP contribution in [0.15, 0.2) is 48.6 Å². The van der Waals surface area contributed by atoms with E-state index in [1.807, 2.05) is 21.6 Å². The van der Waals surface area contributed by atoms with Crippen molar-refractivity contribution in [1.29, 1.82) is 0 Å². The molecule has 1 saturated heterocycles. The second-order valence-corrected chi connectivity index (χ2v) is 13.3. The fourth-order valence-corrected chi connectivity index (χ4v) is 7.40. The molecule has 13 heteroatoms. The first-order valence-corrected chi connectivity index (χ1v) is 17.7. The summed E-state index contributed by atoms with van der Waals surface area (Å²) in [5.41, 5.74) is 1.24. The van der Waals surface area contributed by atoms with Crippen LogP contribution in [0, 0.1) is 0 Å². The van der Waals surface area contributed by atoms with E-state index in [2.05, 4.69) is 10.6 Å². The maximum atomic E-state index is 12.3. The van der Waals surface area contributed by atoms with Crippen LogP contribution in [-0.2, 0) is 19.1 Å². The third kappa shape index (κ3) is 14.6. The van der Waals surface area contributed by atoms with Crippen LogP contribution in [0.2, 0.25) is 0 Å². The van der Waals surface area contributed by atoms with Crippen molar-refractivity contribution in [2.24, 2.45) is 0 Å². The van der Waals surface area contributed by atoms with Crippen molar-refractivity contribution < 1.29 is 43.2 Å². The molecule has 1 heterocycles. The Morgan fingerprint density at radius 3 is 2.19 bits per heavy atom. The smallest absolute Gasteiger partial charge is 0.412 e. The summed E-state index contributed by atoms with van der Waals surface area (Å²) in [4.78, 5) is 48.7. The zero-order chi connectivity index (χ0) is 33.9. The molecular weight excluding hydrogens is 645 g/mol. The quantitative estimate of drug-likeness (QED) is 0.0692. The van der Waals surface area contributed by atoms with Crippen LogP contribution in [0.5, 0.6) is 23.0 Å². The standard InChI is InChI=1S/C34H42N2O9S2/c1-42-31-21-24(9-13-29(31)39)7-11-26(37)23-27(38)12-8-25-10-14-30(32(22-25)43-2)45-34(41)36-17-19-44-18-16-35-33(40)6-4-3-5-28-15-20-46-47-28/h7-14,21-22,28,39H,3-6,15-20,23H2,1-2H3,(H,35,40)(H,36,41)/b11-7+,12-8+/t28-/m1/s1. The summed E-state index contributed by atoms with van der Waals surface area (Å²) in [6.07, 6.45) is 9.58. The molecule has 0 aromatic heterocycles. The number of allylic oxidation sites excluding steroid dienone is 2. The van der Waals surface area contributed by atoms with Crippen molar-refractivity contribution in [2.45, 2.75) is 43.8 Å². The molecule has 0 saturated carbocycles. The molecule has 0 aliphatic carbocycles. The highest BCUT2D eigenvalue weighted by molar-refractivity contribution is 8.77. The molecule has 3 rings (SSSR count). The first-order chi connectivity index (χ1) is 22.8. The van der Waals surface area contributed by atoms with Crippen molar-refractivity contribution in [3.63, 3.8) is 0 Å². The highest BCUT2D eigenvalue weighted by Crippen LogP contribution is 2.40. The summed E-state index contributed by atoms with van der Waals surface area (Å²) in [7, 11) is 6.75. The molecule has 254 valence electrons. The van der Waals surface area contributed by atoms with Gasteiger partial charge in [0.05, 0.1) is 33.9 Å². The summed E-state index contributed by atoms with van der Waals surface area (Å²) < 4.78 is 21.2. The minimum atomic E-state index is -0.689. The number of amides is 2. The highest BCUT2D eigenvalue weighted by atomic mass is 33.1. The first-order valence-electron chi connectivity index (χ1n) is 15.3. The normalized spacial score (nSPS) is 14.3. The van der Waals surface area contributed by atoms with Crippen molar-refractivity contribution in [1.82, 2.24) is 10.6 Å². The minimum absolute atomic E-state index is 0.0133. The third-order valence-corrected chi connectivity index (χ3v) is 9.86. The summed E-state index contributed by atoms with van der Waals surface area (Å²) in [5, 5.41) is 15.9. The number of aromatic hydroxyl groups is 1. The molecule has 3 N–H and O–H groups in total. The number of benzene rings is 2. The topological polar surface area (TPSA) is 149 Å². The Morgan fingerprint density at radius 2 is 1.53 bits per heavy atom. The lowest BCUT2D eigenvalue weighted by Crippen LogP contribution is -2.31. The summed E-state index contributed by atoms with van der Waals surface area (Å²) in [5.74, 6) is 1.21. The van der Waals surface area contributed by atoms with Gasteiger partial charge in [-0.15, -0.1) is 0 Å². The molecule has 0 radical (unpaired) electrons. The van der Waals surface area contributed by atoms with Gasteiger partial charge < -0.3 is 34.7 Å². The van der Waals surface area contributed by atoms with Crippen LogP contribution in [0.4, 0.5) is 4.79 Å². The van der Waals surface area contributed by atoms with Gasteiger partial charge in [0.1, 0.15) is 0 Å². The maximum absolute atomic E-state index is 12.3. The van der Waals surface area contributed by atoms with Crippen LogP contribution >= 0.6 is 21.6 Å². The number of nitrogens with one attached hydrogen (secondary N) is 2. The van der Waals surface area contributed by atoms with Crippen molar-refractivity contribution in [3.05, 3.63) is 59.7 Å². The van der Waals surface area contributed by atoms with Gasteiger partial charge in [0.15, 0.2) is 34.6 Å². The Bertz CT molecular complexity index is 1410. The van der Waals surface area contributed by atoms with E-state index in [9.17, 15) is 24.3 Å². The van der Waals surface area contributed by atoms with Gasteiger partial charge in [-0.3, -0.25) is 14.4 Å². The number of hydrogen-bond donors (Lipinski definition) is 3. The zero-order valence-electron chi connectivity index (χ0n) is 26.7. The Balaban J connectivity index is 1.30. The van der Waals surface area contributed by atoms with Gasteiger partial charge in [0.25, 0.3) is 0 Å². The van der Waals surface area contributed by atoms with Gasteiger partial charge >= 0.3 is 6.09 Å². The number of carbonyl (C=O) groups is 4. The lowest BCUT2D eigenvalue weighted by atomic mass is 10.1. The molecule has 47 heavy (non-hydrogen) atoms. The molecule has 1 aliphatic heterocycles. The molecule has 0 unspecified atom stereocenters. The average molecular weight is 687 g/mol. The summed E-state index contributed by atoms with van der Waals surface area (Å²) in [6, 6.07) is 9.41. The number of unbranched alkanes of at least 4 members (excludes halogenated alkanes) is 1. The lowest BCUT2D eigenvalue weighted by molar-refractivity contribution is -0.122. The zero-order valence-corrected chi connectivity index (χ0v) is 28.3. The monoisotopic (exact) mass is 686 g/mol. The van der Waals surface area contributed by atoms with E-state index in [0.29, 0.717) is 30.7 Å². The lowest BCUT2D eigenvalue weighted by Gasteiger charge is -2.11. The number of ketones is 2. The minimum Gasteiger partial charge on any atom is -0.504 e. The molecule has 0 bridgehead atoms. The number of rotatable bonds is 20. The molecule has 1 aliphatic rings. The van der Waals surface area contributed by atoms with Crippen molar-refractivity contribution in [3.8, 4) is 23.0 Å². The third-order valence-electron chi connectivity index (χ3n) is 6.86. The van der Waals surface area contributed by atoms with Crippen LogP contribution in [0.25, 0.3) is 12.2 Å². The van der Waals surface area contributed by atoms with Gasteiger partial charge in [-0.2, -0.15) is 0 Å². The fraction of sp³-hybridized carbons (Fsp3) is 0.412. The Labute approximate surface area is 283 Å². The molecule has 0 spiro atoms. The van der Waals surface area contributed by atoms with Crippen LogP contribution in [0.3, 0.4) is 0 Å². The van der Waals surface area contributed by atoms with E-state index in [1.54, 1.807) is 24.3 Å². The fourth-order valence-electron chi connectivity index (χ4n) is 4.37. The SMILES string of the molecule is COc1cc(/C=C/C(=O)CC(=O)/C=C/c2ccc(OC(=O)NCCOCCNC(=O)CCCC[C@@H]3CCSS3)c(OC)c2)ccc1O. The van der Waals surface area contributed by atoms with Gasteiger partial charge in [0.2, 0.25) is 5.91 Å². The van der Waals surface area contributed by atoms with Crippen LogP contribution in [0.1, 0.15) is 49.7 Å². The van der Waals surface area contributed by atoms with Gasteiger partial charge in [-0.25, -0.2) is 4.79 Å². The average Bonchev–Trinajstić information content (AvgIpc) is 3.59. The molecule has 1 fully saturated rings. The van der Waals surface area contributed by atoms with Crippen LogP contribution < -0.4 is 24.8 Å². The van der Waals surface area contributed by atoms with Crippen molar-refractivity contribution in [2.75, 3.05) is 46.3 Å². The van der Waals surface area contributed by atoms with E-state index >= 15 is 0 Å². The number of methoxy groups -OCH3 is 2. The molecule has 2 aromatic rings. The molecule has 11 nitrogen and oxygen atoms in total. The molecular formula is C34H42N2O9S2. The highest BCUT2D eigenvalue weighted by Gasteiger charge is 2.16. The van der Waals surface area contributed by atoms with E-state index < -0.39 is 11.9 Å². The van der Waals surface area contributed by atoms with Gasteiger partial charge in [0, 0.05) is 30.5 Å². The Morgan fingerprint density at radius 1 is 0.872 bits per heavy atom. The first kappa shape index (κ1) is 37.5. The predicted octanol–water partition coefficient (Wildman–Crippen LogP) is 5.60. The molecule has 2 aromatic carbocycles. The largest absolute Gasteiger partial charge is 0.504 e. The number of hydrogen-bond acceptors (Lipinski definition) is 11. The van der Waals surface area contributed by atoms with E-state index in [4.69, 9.17) is 18.9 Å². The second kappa shape index (κ2) is 21.0. The predicted molar refractivity (Wildman–Crippen MR) is 185 cm³/mol. The second-order valence-electron chi connectivity index (χ2n) is 10.5.